The summed E-state index contributed by atoms with van der Waals surface area (Å²) in [7, 11) is 0. The van der Waals surface area contributed by atoms with Crippen LogP contribution in [-0.4, -0.2) is 29.9 Å². The van der Waals surface area contributed by atoms with Crippen molar-refractivity contribution in [2.45, 2.75) is 51.7 Å². The van der Waals surface area contributed by atoms with Crippen molar-refractivity contribution < 1.29 is 14.3 Å². The van der Waals surface area contributed by atoms with Gasteiger partial charge in [0.25, 0.3) is 0 Å². The highest BCUT2D eigenvalue weighted by atomic mass is 16.6. The highest BCUT2D eigenvalue weighted by Crippen LogP contribution is 2.12. The number of nitrogens with one attached hydrogen (secondary N) is 1. The third kappa shape index (κ3) is 4.00. The lowest BCUT2D eigenvalue weighted by Gasteiger charge is -2.23. The Morgan fingerprint density at radius 1 is 1.40 bits per heavy atom. The van der Waals surface area contributed by atoms with Crippen molar-refractivity contribution >= 4 is 11.8 Å². The van der Waals surface area contributed by atoms with Crippen LogP contribution in [0, 0.1) is 0 Å². The van der Waals surface area contributed by atoms with E-state index >= 15 is 0 Å². The van der Waals surface area contributed by atoms with E-state index in [9.17, 15) is 9.59 Å². The highest BCUT2D eigenvalue weighted by Gasteiger charge is 2.31. The van der Waals surface area contributed by atoms with Crippen molar-refractivity contribution in [3.05, 3.63) is 0 Å². The monoisotopic (exact) mass is 213 g/mol. The molecule has 4 heteroatoms. The Kier molecular flexibility index (Phi) is 3.85. The van der Waals surface area contributed by atoms with Gasteiger partial charge in [-0.1, -0.05) is 0 Å². The second kappa shape index (κ2) is 4.75. The molecule has 0 spiro atoms. The fraction of sp³-hybridized carbons (Fsp3) is 0.818. The molecule has 0 radical (unpaired) electrons. The first kappa shape index (κ1) is 12.2. The summed E-state index contributed by atoms with van der Waals surface area (Å²) in [5.74, 6) is -0.504. The lowest BCUT2D eigenvalue weighted by Crippen LogP contribution is -2.45. The fourth-order valence-electron chi connectivity index (χ4n) is 1.50. The van der Waals surface area contributed by atoms with Gasteiger partial charge in [-0.2, -0.15) is 0 Å². The van der Waals surface area contributed by atoms with Crippen molar-refractivity contribution in [1.82, 2.24) is 5.32 Å². The molecule has 0 amide bonds. The van der Waals surface area contributed by atoms with Gasteiger partial charge < -0.3 is 4.74 Å². The Labute approximate surface area is 90.4 Å². The van der Waals surface area contributed by atoms with Crippen LogP contribution in [0.5, 0.6) is 0 Å². The summed E-state index contributed by atoms with van der Waals surface area (Å²) in [6.45, 7) is 6.10. The molecule has 1 fully saturated rings. The van der Waals surface area contributed by atoms with E-state index in [1.165, 1.54) is 0 Å². The quantitative estimate of drug-likeness (QED) is 0.522. The number of ketones is 1. The molecule has 15 heavy (non-hydrogen) atoms. The molecule has 4 nitrogen and oxygen atoms in total. The summed E-state index contributed by atoms with van der Waals surface area (Å²) < 4.78 is 5.18. The maximum Gasteiger partial charge on any atom is 0.331 e. The molecule has 1 aliphatic rings. The van der Waals surface area contributed by atoms with Crippen LogP contribution in [0.15, 0.2) is 0 Å². The van der Waals surface area contributed by atoms with Crippen LogP contribution in [0.1, 0.15) is 40.0 Å². The lowest BCUT2D eigenvalue weighted by atomic mass is 10.1. The zero-order chi connectivity index (χ0) is 11.5. The number of carbonyl (C=O) groups excluding carboxylic acids is 2. The number of ether oxygens (including phenoxy) is 1. The Bertz CT molecular complexity index is 255. The van der Waals surface area contributed by atoms with E-state index in [0.29, 0.717) is 13.0 Å². The number of carbonyl (C=O) groups is 2. The Morgan fingerprint density at radius 3 is 2.67 bits per heavy atom. The van der Waals surface area contributed by atoms with Gasteiger partial charge in [0.2, 0.25) is 0 Å². The molecule has 1 saturated heterocycles. The zero-order valence-electron chi connectivity index (χ0n) is 9.63. The van der Waals surface area contributed by atoms with Crippen molar-refractivity contribution in [3.63, 3.8) is 0 Å². The second-order valence-electron chi connectivity index (χ2n) is 4.84. The largest absolute Gasteiger partial charge is 0.458 e. The van der Waals surface area contributed by atoms with E-state index in [0.717, 1.165) is 12.8 Å². The van der Waals surface area contributed by atoms with Crippen molar-refractivity contribution in [2.75, 3.05) is 6.54 Å². The minimum Gasteiger partial charge on any atom is -0.458 e. The Morgan fingerprint density at radius 2 is 2.07 bits per heavy atom. The van der Waals surface area contributed by atoms with Gasteiger partial charge >= 0.3 is 5.97 Å². The van der Waals surface area contributed by atoms with Crippen LogP contribution in [0.25, 0.3) is 0 Å². The normalized spacial score (nSPS) is 23.4. The van der Waals surface area contributed by atoms with E-state index in [1.807, 2.05) is 0 Å². The summed E-state index contributed by atoms with van der Waals surface area (Å²) in [4.78, 5) is 23.2. The maximum absolute atomic E-state index is 11.7. The van der Waals surface area contributed by atoms with Gasteiger partial charge in [0.05, 0.1) is 0 Å². The Hall–Kier alpha value is -0.900. The topological polar surface area (TPSA) is 55.4 Å². The van der Waals surface area contributed by atoms with Gasteiger partial charge in [0.1, 0.15) is 5.60 Å². The van der Waals surface area contributed by atoms with Crippen LogP contribution in [0.3, 0.4) is 0 Å². The van der Waals surface area contributed by atoms with Gasteiger partial charge in [-0.3, -0.25) is 10.1 Å². The number of Topliss-reactive ketones (excluding diaryl/α,β-unsaturated/α-hetero) is 1. The van der Waals surface area contributed by atoms with Crippen molar-refractivity contribution in [2.24, 2.45) is 0 Å². The number of hydrogen-bond acceptors (Lipinski definition) is 4. The number of hydrogen-bond donors (Lipinski definition) is 1. The van der Waals surface area contributed by atoms with Crippen molar-refractivity contribution in [1.29, 1.82) is 0 Å². The predicted octanol–water partition coefficient (Wildman–Crippen LogP) is 1.04. The van der Waals surface area contributed by atoms with Gasteiger partial charge in [0.15, 0.2) is 11.8 Å². The first-order valence-corrected chi connectivity index (χ1v) is 5.39. The summed E-state index contributed by atoms with van der Waals surface area (Å²) in [5, 5.41) is 2.93. The van der Waals surface area contributed by atoms with Gasteiger partial charge in [-0.15, -0.1) is 0 Å². The van der Waals surface area contributed by atoms with E-state index < -0.39 is 17.6 Å². The van der Waals surface area contributed by atoms with E-state index in [-0.39, 0.29) is 5.78 Å². The summed E-state index contributed by atoms with van der Waals surface area (Å²) in [5.41, 5.74) is -0.536. The summed E-state index contributed by atoms with van der Waals surface area (Å²) >= 11 is 0. The fourth-order valence-corrected chi connectivity index (χ4v) is 1.50. The van der Waals surface area contributed by atoms with Gasteiger partial charge in [0, 0.05) is 6.42 Å². The summed E-state index contributed by atoms with van der Waals surface area (Å²) in [6.07, 6.45) is 2.26. The first-order valence-electron chi connectivity index (χ1n) is 5.39. The minimum atomic E-state index is -0.758. The highest BCUT2D eigenvalue weighted by molar-refractivity contribution is 6.03. The molecule has 0 aromatic heterocycles. The van der Waals surface area contributed by atoms with Gasteiger partial charge in [-0.25, -0.2) is 4.79 Å². The molecule has 0 saturated carbocycles. The van der Waals surface area contributed by atoms with Crippen LogP contribution in [-0.2, 0) is 14.3 Å². The third-order valence-corrected chi connectivity index (χ3v) is 2.16. The molecular formula is C11H19NO3. The van der Waals surface area contributed by atoms with Crippen LogP contribution in [0.2, 0.25) is 0 Å². The lowest BCUT2D eigenvalue weighted by molar-refractivity contribution is -0.159. The summed E-state index contributed by atoms with van der Waals surface area (Å²) in [6, 6.07) is -0.758. The molecule has 0 bridgehead atoms. The van der Waals surface area contributed by atoms with E-state index in [1.54, 1.807) is 20.8 Å². The smallest absolute Gasteiger partial charge is 0.331 e. The van der Waals surface area contributed by atoms with Crippen LogP contribution >= 0.6 is 0 Å². The minimum absolute atomic E-state index is 0.0539. The molecule has 1 aliphatic heterocycles. The predicted molar refractivity (Wildman–Crippen MR) is 56.5 cm³/mol. The van der Waals surface area contributed by atoms with Crippen LogP contribution < -0.4 is 5.32 Å². The number of esters is 1. The molecule has 1 rings (SSSR count). The third-order valence-electron chi connectivity index (χ3n) is 2.16. The molecule has 1 heterocycles. The molecule has 1 N–H and O–H groups in total. The molecule has 0 aromatic carbocycles. The van der Waals surface area contributed by atoms with Crippen LogP contribution in [0.4, 0.5) is 0 Å². The SMILES string of the molecule is CC(C)(C)OC(=O)C1NCCCCC1=O. The average Bonchev–Trinajstić information content (AvgIpc) is 2.26. The molecule has 1 unspecified atom stereocenters. The van der Waals surface area contributed by atoms with Gasteiger partial charge in [-0.05, 0) is 40.2 Å². The van der Waals surface area contributed by atoms with E-state index in [2.05, 4.69) is 5.32 Å². The molecule has 0 aromatic rings. The standard InChI is InChI=1S/C11H19NO3/c1-11(2,3)15-10(14)9-8(13)6-4-5-7-12-9/h9,12H,4-7H2,1-3H3. The first-order chi connectivity index (χ1) is 6.90. The molecule has 1 atom stereocenters. The average molecular weight is 213 g/mol. The second-order valence-corrected chi connectivity index (χ2v) is 4.84. The molecule has 0 aliphatic carbocycles. The Balaban J connectivity index is 2.60. The number of rotatable bonds is 1. The van der Waals surface area contributed by atoms with Crippen molar-refractivity contribution in [3.8, 4) is 0 Å². The zero-order valence-corrected chi connectivity index (χ0v) is 9.63. The van der Waals surface area contributed by atoms with E-state index in [4.69, 9.17) is 4.74 Å². The molecule has 86 valence electrons. The maximum atomic E-state index is 11.7. The molecular weight excluding hydrogens is 194 g/mol.